The van der Waals surface area contributed by atoms with Gasteiger partial charge in [0.15, 0.2) is 11.6 Å². The second kappa shape index (κ2) is 6.73. The Kier molecular flexibility index (Phi) is 4.73. The largest absolute Gasteiger partial charge is 0.488 e. The Morgan fingerprint density at radius 1 is 1.33 bits per heavy atom. The molecule has 1 aliphatic heterocycles. The molecule has 2 aliphatic rings. The highest BCUT2D eigenvalue weighted by atomic mass is 19.1. The van der Waals surface area contributed by atoms with Gasteiger partial charge in [-0.1, -0.05) is 12.1 Å². The Labute approximate surface area is 124 Å². The Morgan fingerprint density at radius 3 is 2.90 bits per heavy atom. The molecule has 116 valence electrons. The van der Waals surface area contributed by atoms with Crippen LogP contribution in [0.1, 0.15) is 19.3 Å². The van der Waals surface area contributed by atoms with E-state index in [1.165, 1.54) is 18.9 Å². The minimum absolute atomic E-state index is 0.0790. The molecule has 3 atom stereocenters. The lowest BCUT2D eigenvalue weighted by atomic mass is 10.1. The van der Waals surface area contributed by atoms with E-state index in [9.17, 15) is 9.50 Å². The molecule has 0 bridgehead atoms. The van der Waals surface area contributed by atoms with Crippen molar-refractivity contribution in [2.75, 3.05) is 19.8 Å². The quantitative estimate of drug-likeness (QED) is 0.804. The van der Waals surface area contributed by atoms with E-state index in [0.717, 1.165) is 13.0 Å². The zero-order valence-corrected chi connectivity index (χ0v) is 12.0. The third kappa shape index (κ3) is 3.93. The first kappa shape index (κ1) is 14.8. The van der Waals surface area contributed by atoms with Crippen LogP contribution in [0.4, 0.5) is 4.39 Å². The lowest BCUT2D eigenvalue weighted by Crippen LogP contribution is -2.42. The maximum absolute atomic E-state index is 13.4. The molecular weight excluding hydrogens is 273 g/mol. The number of hydrogen-bond donors (Lipinski definition) is 2. The van der Waals surface area contributed by atoms with Crippen molar-refractivity contribution < 1.29 is 19.0 Å². The van der Waals surface area contributed by atoms with E-state index in [2.05, 4.69) is 5.32 Å². The normalized spacial score (nSPS) is 26.8. The van der Waals surface area contributed by atoms with Gasteiger partial charge in [0.05, 0.1) is 6.10 Å². The van der Waals surface area contributed by atoms with Crippen molar-refractivity contribution in [3.05, 3.63) is 30.1 Å². The Balaban J connectivity index is 1.40. The van der Waals surface area contributed by atoms with Crippen molar-refractivity contribution in [2.45, 2.75) is 37.5 Å². The minimum atomic E-state index is -0.662. The first-order chi connectivity index (χ1) is 10.2. The minimum Gasteiger partial charge on any atom is -0.488 e. The lowest BCUT2D eigenvalue weighted by molar-refractivity contribution is 0.0702. The summed E-state index contributed by atoms with van der Waals surface area (Å²) in [6.07, 6.45) is 3.13. The summed E-state index contributed by atoms with van der Waals surface area (Å²) in [7, 11) is 0. The number of rotatable bonds is 7. The standard InChI is InChI=1S/C16H22FNO3/c17-13-3-1-2-4-15(13)21-10-12(19)9-18-14-7-8-20-16(14)11-5-6-11/h1-4,11-12,14,16,18-19H,5-10H2. The van der Waals surface area contributed by atoms with E-state index < -0.39 is 11.9 Å². The van der Waals surface area contributed by atoms with E-state index in [-0.39, 0.29) is 12.4 Å². The summed E-state index contributed by atoms with van der Waals surface area (Å²) < 4.78 is 24.4. The van der Waals surface area contributed by atoms with Crippen LogP contribution >= 0.6 is 0 Å². The second-order valence-corrected chi connectivity index (χ2v) is 5.87. The van der Waals surface area contributed by atoms with Gasteiger partial charge < -0.3 is 19.9 Å². The molecule has 3 unspecified atom stereocenters. The zero-order chi connectivity index (χ0) is 14.7. The SMILES string of the molecule is OC(CNC1CCOC1C1CC1)COc1ccccc1F. The van der Waals surface area contributed by atoms with Crippen molar-refractivity contribution in [1.29, 1.82) is 0 Å². The van der Waals surface area contributed by atoms with Crippen LogP contribution in [0.5, 0.6) is 5.75 Å². The van der Waals surface area contributed by atoms with Crippen molar-refractivity contribution in [3.63, 3.8) is 0 Å². The topological polar surface area (TPSA) is 50.7 Å². The van der Waals surface area contributed by atoms with Crippen LogP contribution in [0.15, 0.2) is 24.3 Å². The van der Waals surface area contributed by atoms with Crippen molar-refractivity contribution in [1.82, 2.24) is 5.32 Å². The smallest absolute Gasteiger partial charge is 0.165 e. The third-order valence-electron chi connectivity index (χ3n) is 4.11. The number of halogens is 1. The molecule has 0 spiro atoms. The fraction of sp³-hybridized carbons (Fsp3) is 0.625. The molecule has 2 N–H and O–H groups in total. The molecule has 1 saturated carbocycles. The number of aliphatic hydroxyl groups is 1. The van der Waals surface area contributed by atoms with Crippen LogP contribution in [0.2, 0.25) is 0 Å². The average molecular weight is 295 g/mol. The third-order valence-corrected chi connectivity index (χ3v) is 4.11. The molecule has 2 fully saturated rings. The predicted molar refractivity (Wildman–Crippen MR) is 76.8 cm³/mol. The molecule has 1 aromatic carbocycles. The summed E-state index contributed by atoms with van der Waals surface area (Å²) in [5.74, 6) is 0.462. The number of nitrogens with one attached hydrogen (secondary N) is 1. The maximum atomic E-state index is 13.4. The van der Waals surface area contributed by atoms with E-state index in [0.29, 0.717) is 24.6 Å². The highest BCUT2D eigenvalue weighted by Gasteiger charge is 2.40. The Morgan fingerprint density at radius 2 is 2.14 bits per heavy atom. The molecule has 1 aromatic rings. The van der Waals surface area contributed by atoms with E-state index in [1.54, 1.807) is 18.2 Å². The first-order valence-electron chi connectivity index (χ1n) is 7.64. The van der Waals surface area contributed by atoms with Gasteiger partial charge in [0, 0.05) is 19.2 Å². The van der Waals surface area contributed by atoms with Gasteiger partial charge in [0.2, 0.25) is 0 Å². The summed E-state index contributed by atoms with van der Waals surface area (Å²) in [5, 5.41) is 13.3. The molecule has 1 heterocycles. The van der Waals surface area contributed by atoms with Crippen LogP contribution in [0.3, 0.4) is 0 Å². The summed E-state index contributed by atoms with van der Waals surface area (Å²) in [4.78, 5) is 0. The number of ether oxygens (including phenoxy) is 2. The van der Waals surface area contributed by atoms with Gasteiger partial charge in [0.25, 0.3) is 0 Å². The van der Waals surface area contributed by atoms with Crippen molar-refractivity contribution >= 4 is 0 Å². The Bertz CT molecular complexity index is 467. The van der Waals surface area contributed by atoms with Crippen LogP contribution in [-0.2, 0) is 4.74 Å². The molecule has 5 heteroatoms. The summed E-state index contributed by atoms with van der Waals surface area (Å²) >= 11 is 0. The predicted octanol–water partition coefficient (Wildman–Crippen LogP) is 1.72. The number of hydrogen-bond acceptors (Lipinski definition) is 4. The van der Waals surface area contributed by atoms with Gasteiger partial charge in [-0.25, -0.2) is 4.39 Å². The zero-order valence-electron chi connectivity index (χ0n) is 12.0. The number of para-hydroxylation sites is 1. The number of aliphatic hydroxyl groups excluding tert-OH is 1. The molecular formula is C16H22FNO3. The summed E-state index contributed by atoms with van der Waals surface area (Å²) in [6, 6.07) is 6.54. The molecule has 0 amide bonds. The second-order valence-electron chi connectivity index (χ2n) is 5.87. The average Bonchev–Trinajstić information content (AvgIpc) is 3.23. The van der Waals surface area contributed by atoms with Crippen molar-refractivity contribution in [3.8, 4) is 5.75 Å². The maximum Gasteiger partial charge on any atom is 0.165 e. The van der Waals surface area contributed by atoms with E-state index in [1.807, 2.05) is 0 Å². The molecule has 21 heavy (non-hydrogen) atoms. The van der Waals surface area contributed by atoms with Gasteiger partial charge in [-0.15, -0.1) is 0 Å². The van der Waals surface area contributed by atoms with Crippen LogP contribution in [-0.4, -0.2) is 43.1 Å². The van der Waals surface area contributed by atoms with Crippen molar-refractivity contribution in [2.24, 2.45) is 5.92 Å². The first-order valence-corrected chi connectivity index (χ1v) is 7.64. The highest BCUT2D eigenvalue weighted by molar-refractivity contribution is 5.23. The highest BCUT2D eigenvalue weighted by Crippen LogP contribution is 2.38. The molecule has 3 rings (SSSR count). The van der Waals surface area contributed by atoms with Gasteiger partial charge in [0.1, 0.15) is 12.7 Å². The molecule has 0 radical (unpaired) electrons. The van der Waals surface area contributed by atoms with Gasteiger partial charge >= 0.3 is 0 Å². The molecule has 4 nitrogen and oxygen atoms in total. The molecule has 0 aromatic heterocycles. The van der Waals surface area contributed by atoms with Gasteiger partial charge in [-0.3, -0.25) is 0 Å². The van der Waals surface area contributed by atoms with Crippen LogP contribution < -0.4 is 10.1 Å². The van der Waals surface area contributed by atoms with E-state index >= 15 is 0 Å². The van der Waals surface area contributed by atoms with Crippen LogP contribution in [0, 0.1) is 11.7 Å². The fourth-order valence-corrected chi connectivity index (χ4v) is 2.81. The Hall–Kier alpha value is -1.17. The molecule has 1 aliphatic carbocycles. The lowest BCUT2D eigenvalue weighted by Gasteiger charge is -2.21. The summed E-state index contributed by atoms with van der Waals surface area (Å²) in [6.45, 7) is 1.31. The molecule has 1 saturated heterocycles. The summed E-state index contributed by atoms with van der Waals surface area (Å²) in [5.41, 5.74) is 0. The number of benzene rings is 1. The fourth-order valence-electron chi connectivity index (χ4n) is 2.81. The van der Waals surface area contributed by atoms with Gasteiger partial charge in [-0.2, -0.15) is 0 Å². The van der Waals surface area contributed by atoms with E-state index in [4.69, 9.17) is 9.47 Å². The van der Waals surface area contributed by atoms with Gasteiger partial charge in [-0.05, 0) is 37.3 Å². The van der Waals surface area contributed by atoms with Crippen LogP contribution in [0.25, 0.3) is 0 Å². The monoisotopic (exact) mass is 295 g/mol.